The van der Waals surface area contributed by atoms with Crippen LogP contribution in [0.5, 0.6) is 0 Å². The van der Waals surface area contributed by atoms with E-state index in [1.807, 2.05) is 32.0 Å². The summed E-state index contributed by atoms with van der Waals surface area (Å²) < 4.78 is 0. The fourth-order valence-electron chi connectivity index (χ4n) is 1.84. The fourth-order valence-corrected chi connectivity index (χ4v) is 2.06. The molecule has 1 rings (SSSR count). The SMILES string of the molecule is CCNC(=O)CN(CC)CC(=O)NCc1cccc(Cl)c1. The molecule has 0 aromatic heterocycles. The zero-order valence-corrected chi connectivity index (χ0v) is 13.2. The molecular weight excluding hydrogens is 290 g/mol. The molecule has 21 heavy (non-hydrogen) atoms. The van der Waals surface area contributed by atoms with E-state index in [2.05, 4.69) is 10.6 Å². The normalized spacial score (nSPS) is 10.5. The molecule has 0 aliphatic rings. The van der Waals surface area contributed by atoms with E-state index in [1.54, 1.807) is 11.0 Å². The van der Waals surface area contributed by atoms with Gasteiger partial charge in [0.25, 0.3) is 0 Å². The first-order chi connectivity index (χ1) is 10.0. The van der Waals surface area contributed by atoms with Crippen molar-refractivity contribution in [3.8, 4) is 0 Å². The summed E-state index contributed by atoms with van der Waals surface area (Å²) in [7, 11) is 0. The summed E-state index contributed by atoms with van der Waals surface area (Å²) in [5.41, 5.74) is 0.947. The minimum absolute atomic E-state index is 0.0676. The average molecular weight is 312 g/mol. The highest BCUT2D eigenvalue weighted by Gasteiger charge is 2.12. The second kappa shape index (κ2) is 9.37. The van der Waals surface area contributed by atoms with Gasteiger partial charge in [0.15, 0.2) is 0 Å². The van der Waals surface area contributed by atoms with Gasteiger partial charge in [0.05, 0.1) is 13.1 Å². The maximum atomic E-state index is 11.9. The van der Waals surface area contributed by atoms with Gasteiger partial charge in [-0.2, -0.15) is 0 Å². The van der Waals surface area contributed by atoms with Crippen LogP contribution in [-0.2, 0) is 16.1 Å². The van der Waals surface area contributed by atoms with Crippen LogP contribution in [0.4, 0.5) is 0 Å². The first kappa shape index (κ1) is 17.5. The van der Waals surface area contributed by atoms with Crippen LogP contribution in [0.25, 0.3) is 0 Å². The summed E-state index contributed by atoms with van der Waals surface area (Å²) in [6.07, 6.45) is 0. The Labute approximate surface area is 130 Å². The standard InChI is InChI=1S/C15H22ClN3O2/c1-3-17-14(20)10-19(4-2)11-15(21)18-9-12-6-5-7-13(16)8-12/h5-8H,3-4,9-11H2,1-2H3,(H,17,20)(H,18,21). The molecule has 6 heteroatoms. The van der Waals surface area contributed by atoms with Gasteiger partial charge in [-0.3, -0.25) is 14.5 Å². The first-order valence-corrected chi connectivity index (χ1v) is 7.43. The van der Waals surface area contributed by atoms with E-state index >= 15 is 0 Å². The summed E-state index contributed by atoms with van der Waals surface area (Å²) in [4.78, 5) is 25.2. The molecule has 116 valence electrons. The van der Waals surface area contributed by atoms with Crippen molar-refractivity contribution in [3.05, 3.63) is 34.9 Å². The molecule has 0 radical (unpaired) electrons. The topological polar surface area (TPSA) is 61.4 Å². The van der Waals surface area contributed by atoms with Crippen LogP contribution in [0, 0.1) is 0 Å². The van der Waals surface area contributed by atoms with Crippen LogP contribution in [0.2, 0.25) is 5.02 Å². The predicted octanol–water partition coefficient (Wildman–Crippen LogP) is 1.41. The van der Waals surface area contributed by atoms with Gasteiger partial charge >= 0.3 is 0 Å². The van der Waals surface area contributed by atoms with Gasteiger partial charge in [-0.1, -0.05) is 30.7 Å². The number of hydrogen-bond donors (Lipinski definition) is 2. The van der Waals surface area contributed by atoms with Crippen molar-refractivity contribution in [1.82, 2.24) is 15.5 Å². The molecule has 0 spiro atoms. The Kier molecular flexibility index (Phi) is 7.79. The van der Waals surface area contributed by atoms with Crippen molar-refractivity contribution in [2.24, 2.45) is 0 Å². The predicted molar refractivity (Wildman–Crippen MR) is 84.1 cm³/mol. The Bertz CT molecular complexity index is 480. The van der Waals surface area contributed by atoms with E-state index in [0.717, 1.165) is 5.56 Å². The molecule has 1 aromatic carbocycles. The van der Waals surface area contributed by atoms with E-state index in [-0.39, 0.29) is 24.9 Å². The lowest BCUT2D eigenvalue weighted by molar-refractivity contribution is -0.125. The van der Waals surface area contributed by atoms with Crippen LogP contribution >= 0.6 is 11.6 Å². The van der Waals surface area contributed by atoms with E-state index in [1.165, 1.54) is 0 Å². The third-order valence-corrected chi connectivity index (χ3v) is 3.17. The smallest absolute Gasteiger partial charge is 0.234 e. The second-order valence-corrected chi connectivity index (χ2v) is 5.10. The maximum Gasteiger partial charge on any atom is 0.234 e. The van der Waals surface area contributed by atoms with Crippen LogP contribution < -0.4 is 10.6 Å². The molecule has 0 heterocycles. The largest absolute Gasteiger partial charge is 0.355 e. The van der Waals surface area contributed by atoms with Crippen molar-refractivity contribution in [3.63, 3.8) is 0 Å². The Morgan fingerprint density at radius 2 is 1.81 bits per heavy atom. The summed E-state index contributed by atoms with van der Waals surface area (Å²) in [5.74, 6) is -0.178. The van der Waals surface area contributed by atoms with Crippen LogP contribution in [0.1, 0.15) is 19.4 Å². The lowest BCUT2D eigenvalue weighted by atomic mass is 10.2. The summed E-state index contributed by atoms with van der Waals surface area (Å²) in [6.45, 7) is 5.88. The summed E-state index contributed by atoms with van der Waals surface area (Å²) >= 11 is 5.89. The minimum atomic E-state index is -0.110. The molecule has 0 fully saturated rings. The number of carbonyl (C=O) groups is 2. The van der Waals surface area contributed by atoms with E-state index < -0.39 is 0 Å². The van der Waals surface area contributed by atoms with Gasteiger partial charge in [0.1, 0.15) is 0 Å². The Balaban J connectivity index is 2.39. The number of rotatable bonds is 8. The average Bonchev–Trinajstić information content (AvgIpc) is 2.45. The molecular formula is C15H22ClN3O2. The summed E-state index contributed by atoms with van der Waals surface area (Å²) in [6, 6.07) is 7.35. The molecule has 0 aliphatic carbocycles. The second-order valence-electron chi connectivity index (χ2n) is 4.66. The van der Waals surface area contributed by atoms with Gasteiger partial charge in [-0.05, 0) is 31.2 Å². The summed E-state index contributed by atoms with van der Waals surface area (Å²) in [5, 5.41) is 6.19. The molecule has 0 atom stereocenters. The van der Waals surface area contributed by atoms with E-state index in [4.69, 9.17) is 11.6 Å². The molecule has 0 saturated carbocycles. The van der Waals surface area contributed by atoms with Crippen molar-refractivity contribution in [2.45, 2.75) is 20.4 Å². The van der Waals surface area contributed by atoms with Gasteiger partial charge < -0.3 is 10.6 Å². The molecule has 1 aromatic rings. The molecule has 0 saturated heterocycles. The Morgan fingerprint density at radius 1 is 1.14 bits per heavy atom. The maximum absolute atomic E-state index is 11.9. The van der Waals surface area contributed by atoms with Crippen molar-refractivity contribution in [2.75, 3.05) is 26.2 Å². The number of hydrogen-bond acceptors (Lipinski definition) is 3. The van der Waals surface area contributed by atoms with Crippen molar-refractivity contribution < 1.29 is 9.59 Å². The van der Waals surface area contributed by atoms with Crippen molar-refractivity contribution in [1.29, 1.82) is 0 Å². The molecule has 2 amide bonds. The molecule has 0 aliphatic heterocycles. The number of nitrogens with zero attached hydrogens (tertiary/aromatic N) is 1. The molecule has 0 unspecified atom stereocenters. The quantitative estimate of drug-likeness (QED) is 0.763. The lowest BCUT2D eigenvalue weighted by Crippen LogP contribution is -2.42. The number of benzene rings is 1. The molecule has 5 nitrogen and oxygen atoms in total. The Hall–Kier alpha value is -1.59. The third kappa shape index (κ3) is 7.11. The highest BCUT2D eigenvalue weighted by Crippen LogP contribution is 2.10. The van der Waals surface area contributed by atoms with Crippen molar-refractivity contribution >= 4 is 23.4 Å². The first-order valence-electron chi connectivity index (χ1n) is 7.05. The monoisotopic (exact) mass is 311 g/mol. The zero-order chi connectivity index (χ0) is 15.7. The third-order valence-electron chi connectivity index (χ3n) is 2.93. The van der Waals surface area contributed by atoms with Gasteiger partial charge in [-0.15, -0.1) is 0 Å². The highest BCUT2D eigenvalue weighted by atomic mass is 35.5. The van der Waals surface area contributed by atoms with Gasteiger partial charge in [-0.25, -0.2) is 0 Å². The number of carbonyl (C=O) groups excluding carboxylic acids is 2. The van der Waals surface area contributed by atoms with Gasteiger partial charge in [0, 0.05) is 18.1 Å². The minimum Gasteiger partial charge on any atom is -0.355 e. The molecule has 0 bridgehead atoms. The van der Waals surface area contributed by atoms with Crippen LogP contribution in [0.3, 0.4) is 0 Å². The fraction of sp³-hybridized carbons (Fsp3) is 0.467. The number of nitrogens with one attached hydrogen (secondary N) is 2. The van der Waals surface area contributed by atoms with Gasteiger partial charge in [0.2, 0.25) is 11.8 Å². The number of amides is 2. The number of likely N-dealkylation sites (N-methyl/N-ethyl adjacent to an activating group) is 2. The lowest BCUT2D eigenvalue weighted by Gasteiger charge is -2.19. The number of halogens is 1. The zero-order valence-electron chi connectivity index (χ0n) is 12.5. The van der Waals surface area contributed by atoms with E-state index in [9.17, 15) is 9.59 Å². The van der Waals surface area contributed by atoms with Crippen LogP contribution in [-0.4, -0.2) is 42.9 Å². The Morgan fingerprint density at radius 3 is 2.38 bits per heavy atom. The van der Waals surface area contributed by atoms with E-state index in [0.29, 0.717) is 24.7 Å². The highest BCUT2D eigenvalue weighted by molar-refractivity contribution is 6.30. The molecule has 2 N–H and O–H groups in total. The van der Waals surface area contributed by atoms with Crippen LogP contribution in [0.15, 0.2) is 24.3 Å².